The summed E-state index contributed by atoms with van der Waals surface area (Å²) in [4.78, 5) is 24.8. The van der Waals surface area contributed by atoms with Crippen molar-refractivity contribution in [2.24, 2.45) is 0 Å². The number of hydrogen-bond acceptors (Lipinski definition) is 4. The van der Waals surface area contributed by atoms with Crippen molar-refractivity contribution >= 4 is 17.5 Å². The molecule has 0 fully saturated rings. The lowest BCUT2D eigenvalue weighted by molar-refractivity contribution is -0.122. The van der Waals surface area contributed by atoms with Crippen molar-refractivity contribution in [3.05, 3.63) is 83.2 Å². The monoisotopic (exact) mass is 402 g/mol. The van der Waals surface area contributed by atoms with E-state index in [-0.39, 0.29) is 11.8 Å². The molecule has 2 amide bonds. The predicted octanol–water partition coefficient (Wildman–Crippen LogP) is 3.77. The Hall–Kier alpha value is -4.05. The number of rotatable bonds is 6. The average molecular weight is 402 g/mol. The molecule has 0 radical (unpaired) electrons. The Morgan fingerprint density at radius 1 is 0.967 bits per heavy atom. The van der Waals surface area contributed by atoms with Gasteiger partial charge in [0.25, 0.3) is 11.8 Å². The number of aryl methyl sites for hydroxylation is 2. The summed E-state index contributed by atoms with van der Waals surface area (Å²) in [5.41, 5.74) is 6.28. The van der Waals surface area contributed by atoms with Crippen LogP contribution >= 0.6 is 0 Å². The van der Waals surface area contributed by atoms with Crippen LogP contribution in [0.1, 0.15) is 34.2 Å². The minimum Gasteiger partial charge on any atom is -0.481 e. The maximum atomic E-state index is 12.5. The molecular weight excluding hydrogens is 380 g/mol. The first-order valence-corrected chi connectivity index (χ1v) is 9.41. The van der Waals surface area contributed by atoms with Gasteiger partial charge >= 0.3 is 0 Å². The third-order valence-corrected chi connectivity index (χ3v) is 4.56. The first-order chi connectivity index (χ1) is 14.4. The van der Waals surface area contributed by atoms with Crippen molar-refractivity contribution in [3.8, 4) is 11.8 Å². The summed E-state index contributed by atoms with van der Waals surface area (Å²) in [6.45, 7) is 5.46. The molecule has 7 heteroatoms. The maximum Gasteiger partial charge on any atom is 0.270 e. The van der Waals surface area contributed by atoms with Crippen LogP contribution in [0, 0.1) is 25.2 Å². The highest BCUT2D eigenvalue weighted by molar-refractivity contribution is 6.00. The summed E-state index contributed by atoms with van der Waals surface area (Å²) >= 11 is 0. The summed E-state index contributed by atoms with van der Waals surface area (Å²) in [5, 5.41) is 11.6. The molecule has 1 aromatic heterocycles. The van der Waals surface area contributed by atoms with E-state index in [1.165, 1.54) is 0 Å². The summed E-state index contributed by atoms with van der Waals surface area (Å²) in [6.07, 6.45) is -0.745. The molecule has 0 unspecified atom stereocenters. The summed E-state index contributed by atoms with van der Waals surface area (Å²) in [7, 11) is 0. The Morgan fingerprint density at radius 3 is 2.13 bits per heavy atom. The highest BCUT2D eigenvalue weighted by Gasteiger charge is 2.16. The van der Waals surface area contributed by atoms with Gasteiger partial charge in [-0.25, -0.2) is 0 Å². The van der Waals surface area contributed by atoms with E-state index in [9.17, 15) is 9.59 Å². The second kappa shape index (κ2) is 8.97. The number of nitrogens with one attached hydrogen (secondary N) is 2. The number of hydrogen-bond donors (Lipinski definition) is 2. The van der Waals surface area contributed by atoms with Gasteiger partial charge in [-0.05, 0) is 81.4 Å². The molecule has 2 N–H and O–H groups in total. The number of nitrogens with zero attached hydrogens (tertiary/aromatic N) is 2. The molecule has 0 saturated heterocycles. The molecular formula is C23H22N4O3. The third kappa shape index (κ3) is 4.86. The van der Waals surface area contributed by atoms with Gasteiger partial charge in [-0.2, -0.15) is 5.26 Å². The summed E-state index contributed by atoms with van der Waals surface area (Å²) in [6, 6.07) is 19.0. The minimum atomic E-state index is -0.745. The third-order valence-electron chi connectivity index (χ3n) is 4.56. The Kier molecular flexibility index (Phi) is 6.18. The van der Waals surface area contributed by atoms with E-state index in [2.05, 4.69) is 10.7 Å². The fourth-order valence-corrected chi connectivity index (χ4v) is 2.83. The van der Waals surface area contributed by atoms with Crippen molar-refractivity contribution < 1.29 is 14.3 Å². The van der Waals surface area contributed by atoms with E-state index in [4.69, 9.17) is 10.00 Å². The van der Waals surface area contributed by atoms with Crippen molar-refractivity contribution in [1.29, 1.82) is 5.26 Å². The van der Waals surface area contributed by atoms with Crippen molar-refractivity contribution in [3.63, 3.8) is 0 Å². The Labute approximate surface area is 174 Å². The smallest absolute Gasteiger partial charge is 0.270 e. The quantitative estimate of drug-likeness (QED) is 0.656. The predicted molar refractivity (Wildman–Crippen MR) is 114 cm³/mol. The van der Waals surface area contributed by atoms with E-state index in [0.29, 0.717) is 22.6 Å². The van der Waals surface area contributed by atoms with Gasteiger partial charge < -0.3 is 10.1 Å². The van der Waals surface area contributed by atoms with Crippen molar-refractivity contribution in [2.45, 2.75) is 26.9 Å². The highest BCUT2D eigenvalue weighted by Crippen LogP contribution is 2.16. The number of amides is 2. The number of nitriles is 1. The number of aromatic nitrogens is 1. The zero-order valence-corrected chi connectivity index (χ0v) is 17.0. The Balaban J connectivity index is 1.58. The van der Waals surface area contributed by atoms with Crippen LogP contribution in [0.15, 0.2) is 60.7 Å². The first kappa shape index (κ1) is 20.7. The van der Waals surface area contributed by atoms with Crippen LogP contribution < -0.4 is 15.5 Å². The first-order valence-electron chi connectivity index (χ1n) is 9.41. The molecule has 0 spiro atoms. The SMILES string of the molecule is Cc1ccc(C)n1NC(=O)c1ccc(O[C@H](C)C(=O)Nc2ccc(C#N)cc2)cc1. The number of ether oxygens (including phenoxy) is 1. The molecule has 0 aliphatic carbocycles. The van der Waals surface area contributed by atoms with E-state index in [0.717, 1.165) is 11.4 Å². The van der Waals surface area contributed by atoms with Gasteiger partial charge in [0.15, 0.2) is 6.10 Å². The Morgan fingerprint density at radius 2 is 1.57 bits per heavy atom. The van der Waals surface area contributed by atoms with Gasteiger partial charge in [0.1, 0.15) is 5.75 Å². The molecule has 2 aromatic carbocycles. The van der Waals surface area contributed by atoms with Crippen LogP contribution in [0.2, 0.25) is 0 Å². The van der Waals surface area contributed by atoms with E-state index in [1.54, 1.807) is 60.1 Å². The van der Waals surface area contributed by atoms with Crippen LogP contribution in [0.5, 0.6) is 5.75 Å². The van der Waals surface area contributed by atoms with Crippen LogP contribution in [-0.2, 0) is 4.79 Å². The zero-order chi connectivity index (χ0) is 21.7. The fraction of sp³-hybridized carbons (Fsp3) is 0.174. The topological polar surface area (TPSA) is 96.2 Å². The molecule has 0 bridgehead atoms. The largest absolute Gasteiger partial charge is 0.481 e. The second-order valence-corrected chi connectivity index (χ2v) is 6.86. The number of carbonyl (C=O) groups excluding carboxylic acids is 2. The van der Waals surface area contributed by atoms with Crippen LogP contribution in [0.4, 0.5) is 5.69 Å². The number of anilines is 1. The standard InChI is InChI=1S/C23H22N4O3/c1-15-4-5-16(2)27(15)26-23(29)19-8-12-21(13-9-19)30-17(3)22(28)25-20-10-6-18(14-24)7-11-20/h4-13,17H,1-3H3,(H,25,28)(H,26,29)/t17-/m1/s1. The number of carbonyl (C=O) groups is 2. The molecule has 0 aliphatic rings. The highest BCUT2D eigenvalue weighted by atomic mass is 16.5. The zero-order valence-electron chi connectivity index (χ0n) is 17.0. The molecule has 152 valence electrons. The molecule has 0 saturated carbocycles. The van der Waals surface area contributed by atoms with E-state index in [1.807, 2.05) is 32.0 Å². The van der Waals surface area contributed by atoms with E-state index >= 15 is 0 Å². The van der Waals surface area contributed by atoms with Gasteiger partial charge in [0.05, 0.1) is 11.6 Å². The summed E-state index contributed by atoms with van der Waals surface area (Å²) in [5.74, 6) is -0.0852. The Bertz CT molecular complexity index is 1070. The van der Waals surface area contributed by atoms with Crippen molar-refractivity contribution in [2.75, 3.05) is 10.7 Å². The maximum absolute atomic E-state index is 12.5. The molecule has 3 aromatic rings. The van der Waals surface area contributed by atoms with Crippen LogP contribution in [0.3, 0.4) is 0 Å². The molecule has 0 aliphatic heterocycles. The minimum absolute atomic E-state index is 0.240. The van der Waals surface area contributed by atoms with Crippen LogP contribution in [-0.4, -0.2) is 22.6 Å². The number of benzene rings is 2. The van der Waals surface area contributed by atoms with E-state index < -0.39 is 6.10 Å². The molecule has 1 atom stereocenters. The lowest BCUT2D eigenvalue weighted by Crippen LogP contribution is -2.30. The van der Waals surface area contributed by atoms with Gasteiger partial charge in [-0.15, -0.1) is 0 Å². The molecule has 7 nitrogen and oxygen atoms in total. The normalized spacial score (nSPS) is 11.3. The molecule has 30 heavy (non-hydrogen) atoms. The van der Waals surface area contributed by atoms with Crippen LogP contribution in [0.25, 0.3) is 0 Å². The van der Waals surface area contributed by atoms with Gasteiger partial charge in [0, 0.05) is 22.6 Å². The summed E-state index contributed by atoms with van der Waals surface area (Å²) < 4.78 is 7.40. The van der Waals surface area contributed by atoms with Gasteiger partial charge in [-0.1, -0.05) is 0 Å². The van der Waals surface area contributed by atoms with Gasteiger partial charge in [0.2, 0.25) is 0 Å². The average Bonchev–Trinajstić information content (AvgIpc) is 3.06. The fourth-order valence-electron chi connectivity index (χ4n) is 2.83. The molecule has 1 heterocycles. The van der Waals surface area contributed by atoms with Gasteiger partial charge in [-0.3, -0.25) is 19.7 Å². The lowest BCUT2D eigenvalue weighted by atomic mass is 10.2. The second-order valence-electron chi connectivity index (χ2n) is 6.86. The van der Waals surface area contributed by atoms with Crippen molar-refractivity contribution in [1.82, 2.24) is 4.68 Å². The lowest BCUT2D eigenvalue weighted by Gasteiger charge is -2.15. The molecule has 3 rings (SSSR count).